The fraction of sp³-hybridized carbons (Fsp3) is 0.533. The predicted molar refractivity (Wildman–Crippen MR) is 75.1 cm³/mol. The number of hydrogen-bond acceptors (Lipinski definition) is 2. The molecule has 1 aromatic rings. The first-order chi connectivity index (χ1) is 9.58. The highest BCUT2D eigenvalue weighted by atomic mass is 79.9. The second kappa shape index (κ2) is 11.3. The van der Waals surface area contributed by atoms with E-state index in [2.05, 4.69) is 5.32 Å². The Kier molecular flexibility index (Phi) is 10.5. The fourth-order valence-electron chi connectivity index (χ4n) is 1.81. The van der Waals surface area contributed by atoms with Crippen molar-refractivity contribution < 1.29 is 36.2 Å². The van der Waals surface area contributed by atoms with Crippen LogP contribution in [0.1, 0.15) is 37.7 Å². The van der Waals surface area contributed by atoms with Gasteiger partial charge in [-0.05, 0) is 25.3 Å². The third-order valence-corrected chi connectivity index (χ3v) is 3.04. The topological polar surface area (TPSA) is 70.3 Å². The molecule has 0 fully saturated rings. The van der Waals surface area contributed by atoms with Crippen LogP contribution in [-0.4, -0.2) is 23.5 Å². The summed E-state index contributed by atoms with van der Waals surface area (Å²) in [4.78, 5) is 21.9. The molecular weight excluding hydrogens is 336 g/mol. The van der Waals surface area contributed by atoms with E-state index in [1.54, 1.807) is 0 Å². The van der Waals surface area contributed by atoms with Crippen molar-refractivity contribution in [1.82, 2.24) is 5.32 Å². The maximum Gasteiger partial charge on any atom is 0.303 e. The van der Waals surface area contributed by atoms with Crippen LogP contribution in [0.25, 0.3) is 0 Å². The van der Waals surface area contributed by atoms with E-state index < -0.39 is 5.97 Å². The van der Waals surface area contributed by atoms with E-state index in [0.29, 0.717) is 25.9 Å². The summed E-state index contributed by atoms with van der Waals surface area (Å²) in [5, 5.41) is 11.3. The Labute approximate surface area is 136 Å². The minimum absolute atomic E-state index is 0. The number of amides is 1. The second-order valence-corrected chi connectivity index (χ2v) is 4.92. The fourth-order valence-corrected chi connectivity index (χ4v) is 1.81. The molecule has 1 heterocycles. The summed E-state index contributed by atoms with van der Waals surface area (Å²) in [5.74, 6) is -0.722. The number of aliphatic carboxylic acids is 1. The van der Waals surface area contributed by atoms with Crippen LogP contribution < -0.4 is 26.9 Å². The lowest BCUT2D eigenvalue weighted by atomic mass is 10.2. The Morgan fingerprint density at radius 1 is 1.14 bits per heavy atom. The van der Waals surface area contributed by atoms with Crippen molar-refractivity contribution in [2.75, 3.05) is 6.54 Å². The molecule has 0 aromatic carbocycles. The molecule has 0 radical (unpaired) electrons. The van der Waals surface area contributed by atoms with Gasteiger partial charge in [0.1, 0.15) is 0 Å². The number of carbonyl (C=O) groups is 2. The molecule has 1 amide bonds. The van der Waals surface area contributed by atoms with Crippen LogP contribution in [0.5, 0.6) is 0 Å². The summed E-state index contributed by atoms with van der Waals surface area (Å²) in [7, 11) is 0. The van der Waals surface area contributed by atoms with Gasteiger partial charge in [0.15, 0.2) is 18.9 Å². The Balaban J connectivity index is 0.00000400. The number of aromatic nitrogens is 1. The van der Waals surface area contributed by atoms with Crippen molar-refractivity contribution in [2.45, 2.75) is 45.6 Å². The molecular formula is C15H23BrN2O3. The van der Waals surface area contributed by atoms with Gasteiger partial charge in [0.25, 0.3) is 0 Å². The van der Waals surface area contributed by atoms with Gasteiger partial charge in [-0.2, -0.15) is 0 Å². The minimum Gasteiger partial charge on any atom is -1.00 e. The van der Waals surface area contributed by atoms with E-state index in [0.717, 1.165) is 12.8 Å². The standard InChI is InChI=1S/C15H22N2O3.BrH/c1-13-6-10-17(11-7-13)12-8-14(18)16-9-4-2-3-5-15(19)20;/h6-7,10-11H,2-5,8-9,12H2,1H3,(H-,16,18,19,20);1H. The maximum atomic E-state index is 11.6. The van der Waals surface area contributed by atoms with Crippen LogP contribution in [0.2, 0.25) is 0 Å². The Hall–Kier alpha value is -1.43. The van der Waals surface area contributed by atoms with Crippen LogP contribution >= 0.6 is 0 Å². The Morgan fingerprint density at radius 2 is 1.81 bits per heavy atom. The molecule has 0 aliphatic heterocycles. The average molecular weight is 359 g/mol. The molecule has 0 unspecified atom stereocenters. The monoisotopic (exact) mass is 358 g/mol. The lowest BCUT2D eigenvalue weighted by molar-refractivity contribution is -0.695. The smallest absolute Gasteiger partial charge is 0.303 e. The molecule has 1 aromatic heterocycles. The molecule has 0 saturated carbocycles. The zero-order valence-electron chi connectivity index (χ0n) is 12.3. The number of unbranched alkanes of at least 4 members (excludes halogenated alkanes) is 2. The number of nitrogens with zero attached hydrogens (tertiary/aromatic N) is 1. The van der Waals surface area contributed by atoms with Crippen molar-refractivity contribution in [1.29, 1.82) is 0 Å². The minimum atomic E-state index is -0.760. The maximum absolute atomic E-state index is 11.6. The molecule has 0 aliphatic carbocycles. The van der Waals surface area contributed by atoms with Gasteiger partial charge in [0, 0.05) is 25.1 Å². The molecule has 0 atom stereocenters. The molecule has 2 N–H and O–H groups in total. The number of halogens is 1. The number of carboxylic acids is 1. The van der Waals surface area contributed by atoms with Crippen molar-refractivity contribution in [3.8, 4) is 0 Å². The molecule has 0 saturated heterocycles. The first-order valence-electron chi connectivity index (χ1n) is 7.02. The van der Waals surface area contributed by atoms with Gasteiger partial charge in [0.05, 0.1) is 6.42 Å². The quantitative estimate of drug-likeness (QED) is 0.414. The van der Waals surface area contributed by atoms with E-state index in [4.69, 9.17) is 5.11 Å². The molecule has 0 bridgehead atoms. The highest BCUT2D eigenvalue weighted by Crippen LogP contribution is 1.98. The van der Waals surface area contributed by atoms with E-state index in [-0.39, 0.29) is 29.3 Å². The van der Waals surface area contributed by atoms with E-state index in [9.17, 15) is 9.59 Å². The van der Waals surface area contributed by atoms with Crippen molar-refractivity contribution in [3.63, 3.8) is 0 Å². The van der Waals surface area contributed by atoms with Crippen molar-refractivity contribution in [2.24, 2.45) is 0 Å². The molecule has 6 heteroatoms. The first-order valence-corrected chi connectivity index (χ1v) is 7.02. The number of hydrogen-bond donors (Lipinski definition) is 2. The van der Waals surface area contributed by atoms with E-state index in [1.807, 2.05) is 36.0 Å². The second-order valence-electron chi connectivity index (χ2n) is 4.92. The van der Waals surface area contributed by atoms with Crippen molar-refractivity contribution >= 4 is 11.9 Å². The SMILES string of the molecule is Cc1cc[n+](CCC(=O)NCCCCCC(=O)O)cc1.[Br-]. The molecule has 1 rings (SSSR count). The molecule has 0 aliphatic rings. The molecule has 118 valence electrons. The Morgan fingerprint density at radius 3 is 2.43 bits per heavy atom. The van der Waals surface area contributed by atoms with E-state index >= 15 is 0 Å². The van der Waals surface area contributed by atoms with Gasteiger partial charge in [-0.15, -0.1) is 0 Å². The summed E-state index contributed by atoms with van der Waals surface area (Å²) in [6.45, 7) is 3.32. The highest BCUT2D eigenvalue weighted by molar-refractivity contribution is 5.75. The van der Waals surface area contributed by atoms with E-state index in [1.165, 1.54) is 5.56 Å². The Bertz CT molecular complexity index is 435. The number of carbonyl (C=O) groups excluding carboxylic acids is 1. The van der Waals surface area contributed by atoms with Gasteiger partial charge in [-0.25, -0.2) is 4.57 Å². The lowest BCUT2D eigenvalue weighted by Crippen LogP contribution is -3.00. The molecule has 0 spiro atoms. The molecule has 21 heavy (non-hydrogen) atoms. The summed E-state index contributed by atoms with van der Waals surface area (Å²) >= 11 is 0. The van der Waals surface area contributed by atoms with Gasteiger partial charge in [0.2, 0.25) is 5.91 Å². The van der Waals surface area contributed by atoms with Crippen LogP contribution in [0.4, 0.5) is 0 Å². The van der Waals surface area contributed by atoms with Gasteiger partial charge < -0.3 is 27.4 Å². The zero-order chi connectivity index (χ0) is 14.8. The van der Waals surface area contributed by atoms with Crippen LogP contribution in [-0.2, 0) is 16.1 Å². The van der Waals surface area contributed by atoms with Crippen LogP contribution in [0.15, 0.2) is 24.5 Å². The number of aryl methyl sites for hydroxylation is 2. The zero-order valence-corrected chi connectivity index (χ0v) is 13.9. The van der Waals surface area contributed by atoms with Crippen LogP contribution in [0.3, 0.4) is 0 Å². The number of carboxylic acid groups (broad SMARTS) is 1. The highest BCUT2D eigenvalue weighted by Gasteiger charge is 2.05. The lowest BCUT2D eigenvalue weighted by Gasteiger charge is -2.03. The predicted octanol–water partition coefficient (Wildman–Crippen LogP) is -1.56. The summed E-state index contributed by atoms with van der Waals surface area (Å²) < 4.78 is 1.99. The number of pyridine rings is 1. The average Bonchev–Trinajstić information content (AvgIpc) is 2.41. The van der Waals surface area contributed by atoms with Gasteiger partial charge >= 0.3 is 5.97 Å². The summed E-state index contributed by atoms with van der Waals surface area (Å²) in [6.07, 6.45) is 6.93. The number of rotatable bonds is 9. The first kappa shape index (κ1) is 19.6. The van der Waals surface area contributed by atoms with Crippen molar-refractivity contribution in [3.05, 3.63) is 30.1 Å². The number of nitrogens with one attached hydrogen (secondary N) is 1. The largest absolute Gasteiger partial charge is 1.00 e. The summed E-state index contributed by atoms with van der Waals surface area (Å²) in [5.41, 5.74) is 1.20. The third kappa shape index (κ3) is 10.0. The summed E-state index contributed by atoms with van der Waals surface area (Å²) in [6, 6.07) is 4.03. The third-order valence-electron chi connectivity index (χ3n) is 3.04. The van der Waals surface area contributed by atoms with Crippen LogP contribution in [0, 0.1) is 6.92 Å². The van der Waals surface area contributed by atoms with Gasteiger partial charge in [-0.3, -0.25) is 9.59 Å². The molecule has 5 nitrogen and oxygen atoms in total. The normalized spacial score (nSPS) is 9.76. The van der Waals surface area contributed by atoms with Gasteiger partial charge in [-0.1, -0.05) is 6.42 Å².